The topological polar surface area (TPSA) is 92.5 Å². The van der Waals surface area contributed by atoms with Crippen LogP contribution in [0, 0.1) is 0 Å². The van der Waals surface area contributed by atoms with Gasteiger partial charge < -0.3 is 16.0 Å². The summed E-state index contributed by atoms with van der Waals surface area (Å²) in [7, 11) is 0. The molecule has 0 aliphatic carbocycles. The average molecular weight is 239 g/mol. The smallest absolute Gasteiger partial charge is 0.157 e. The summed E-state index contributed by atoms with van der Waals surface area (Å²) >= 11 is 5.76. The van der Waals surface area contributed by atoms with Crippen LogP contribution < -0.4 is 11.1 Å². The number of hydrogen-bond donors (Lipinski definition) is 3. The Morgan fingerprint density at radius 3 is 3.00 bits per heavy atom. The van der Waals surface area contributed by atoms with Gasteiger partial charge in [-0.25, -0.2) is 15.0 Å². The minimum Gasteiger partial charge on any atom is -0.393 e. The van der Waals surface area contributed by atoms with E-state index in [9.17, 15) is 0 Å². The van der Waals surface area contributed by atoms with Crippen molar-refractivity contribution in [1.29, 1.82) is 0 Å². The van der Waals surface area contributed by atoms with Crippen molar-refractivity contribution < 1.29 is 0 Å². The molecular weight excluding hydrogens is 228 g/mol. The third kappa shape index (κ3) is 2.40. The molecule has 16 heavy (non-hydrogen) atoms. The van der Waals surface area contributed by atoms with E-state index in [-0.39, 0.29) is 5.15 Å². The average Bonchev–Trinajstić information content (AvgIpc) is 2.77. The summed E-state index contributed by atoms with van der Waals surface area (Å²) < 4.78 is 0. The molecule has 0 aliphatic rings. The molecule has 7 heteroatoms. The van der Waals surface area contributed by atoms with Crippen molar-refractivity contribution >= 4 is 23.1 Å². The Morgan fingerprint density at radius 1 is 1.38 bits per heavy atom. The van der Waals surface area contributed by atoms with Crippen molar-refractivity contribution in [1.82, 2.24) is 19.9 Å². The minimum atomic E-state index is 0.260. The summed E-state index contributed by atoms with van der Waals surface area (Å²) in [4.78, 5) is 14.9. The van der Waals surface area contributed by atoms with Gasteiger partial charge in [-0.3, -0.25) is 0 Å². The van der Waals surface area contributed by atoms with Crippen LogP contribution in [-0.4, -0.2) is 26.5 Å². The summed E-state index contributed by atoms with van der Waals surface area (Å²) in [6.45, 7) is 0.672. The van der Waals surface area contributed by atoms with E-state index in [1.54, 1.807) is 12.4 Å². The van der Waals surface area contributed by atoms with Crippen molar-refractivity contribution in [3.8, 4) is 0 Å². The third-order valence-corrected chi connectivity index (χ3v) is 2.35. The van der Waals surface area contributed by atoms with Crippen molar-refractivity contribution in [2.24, 2.45) is 0 Å². The quantitative estimate of drug-likeness (QED) is 0.694. The van der Waals surface area contributed by atoms with Gasteiger partial charge in [-0.1, -0.05) is 11.6 Å². The molecule has 2 aromatic heterocycles. The van der Waals surface area contributed by atoms with Crippen LogP contribution in [0.5, 0.6) is 0 Å². The Bertz CT molecular complexity index is 455. The fourth-order valence-electron chi connectivity index (χ4n) is 1.25. The molecule has 6 nitrogen and oxygen atoms in total. The van der Waals surface area contributed by atoms with Gasteiger partial charge in [0.1, 0.15) is 17.8 Å². The number of anilines is 2. The SMILES string of the molecule is Nc1c(Cl)ncnc1NCCc1ncc[nH]1. The number of aromatic nitrogens is 4. The van der Waals surface area contributed by atoms with Gasteiger partial charge in [0.05, 0.1) is 0 Å². The normalized spacial score (nSPS) is 10.3. The molecular formula is C9H11ClN6. The Labute approximate surface area is 97.3 Å². The van der Waals surface area contributed by atoms with Gasteiger partial charge in [-0.05, 0) is 0 Å². The first-order valence-corrected chi connectivity index (χ1v) is 5.13. The van der Waals surface area contributed by atoms with Crippen molar-refractivity contribution in [3.05, 3.63) is 29.7 Å². The molecule has 2 aromatic rings. The highest BCUT2D eigenvalue weighted by Gasteiger charge is 2.05. The van der Waals surface area contributed by atoms with E-state index < -0.39 is 0 Å². The highest BCUT2D eigenvalue weighted by atomic mass is 35.5. The van der Waals surface area contributed by atoms with E-state index in [4.69, 9.17) is 17.3 Å². The molecule has 0 radical (unpaired) electrons. The molecule has 0 aromatic carbocycles. The number of nitrogens with zero attached hydrogens (tertiary/aromatic N) is 3. The molecule has 0 bridgehead atoms. The van der Waals surface area contributed by atoms with E-state index in [0.717, 1.165) is 12.2 Å². The van der Waals surface area contributed by atoms with Crippen LogP contribution in [-0.2, 0) is 6.42 Å². The zero-order valence-corrected chi connectivity index (χ0v) is 9.20. The van der Waals surface area contributed by atoms with E-state index in [1.165, 1.54) is 6.33 Å². The maximum absolute atomic E-state index is 5.76. The number of H-pyrrole nitrogens is 1. The fraction of sp³-hybridized carbons (Fsp3) is 0.222. The largest absolute Gasteiger partial charge is 0.393 e. The van der Waals surface area contributed by atoms with Crippen LogP contribution in [0.4, 0.5) is 11.5 Å². The second kappa shape index (κ2) is 4.80. The van der Waals surface area contributed by atoms with Gasteiger partial charge in [-0.2, -0.15) is 0 Å². The molecule has 0 saturated heterocycles. The number of hydrogen-bond acceptors (Lipinski definition) is 5. The van der Waals surface area contributed by atoms with E-state index in [2.05, 4.69) is 25.3 Å². The minimum absolute atomic E-state index is 0.260. The molecule has 2 rings (SSSR count). The number of rotatable bonds is 4. The van der Waals surface area contributed by atoms with Crippen LogP contribution in [0.15, 0.2) is 18.7 Å². The van der Waals surface area contributed by atoms with Crippen molar-refractivity contribution in [2.45, 2.75) is 6.42 Å². The van der Waals surface area contributed by atoms with Gasteiger partial charge in [0.25, 0.3) is 0 Å². The first-order chi connectivity index (χ1) is 7.77. The van der Waals surface area contributed by atoms with Gasteiger partial charge in [0, 0.05) is 25.4 Å². The number of aromatic amines is 1. The Morgan fingerprint density at radius 2 is 2.25 bits per heavy atom. The zero-order chi connectivity index (χ0) is 11.4. The van der Waals surface area contributed by atoms with Crippen LogP contribution in [0.25, 0.3) is 0 Å². The molecule has 0 fully saturated rings. The van der Waals surface area contributed by atoms with E-state index >= 15 is 0 Å². The van der Waals surface area contributed by atoms with E-state index in [1.807, 2.05) is 0 Å². The summed E-state index contributed by atoms with van der Waals surface area (Å²) in [6, 6.07) is 0. The fourth-order valence-corrected chi connectivity index (χ4v) is 1.38. The number of halogens is 1. The summed E-state index contributed by atoms with van der Waals surface area (Å²) in [5.41, 5.74) is 6.06. The van der Waals surface area contributed by atoms with Gasteiger partial charge in [0.2, 0.25) is 0 Å². The van der Waals surface area contributed by atoms with Gasteiger partial charge in [-0.15, -0.1) is 0 Å². The second-order valence-electron chi connectivity index (χ2n) is 3.14. The third-order valence-electron chi connectivity index (χ3n) is 2.04. The molecule has 0 amide bonds. The molecule has 0 atom stereocenters. The first kappa shape index (κ1) is 10.7. The molecule has 4 N–H and O–H groups in total. The van der Waals surface area contributed by atoms with Crippen molar-refractivity contribution in [3.63, 3.8) is 0 Å². The highest BCUT2D eigenvalue weighted by molar-refractivity contribution is 6.32. The Balaban J connectivity index is 1.92. The van der Waals surface area contributed by atoms with E-state index in [0.29, 0.717) is 18.1 Å². The molecule has 2 heterocycles. The summed E-state index contributed by atoms with van der Waals surface area (Å²) in [6.07, 6.45) is 5.62. The monoisotopic (exact) mass is 238 g/mol. The summed E-state index contributed by atoms with van der Waals surface area (Å²) in [5.74, 6) is 1.46. The number of nitrogen functional groups attached to an aromatic ring is 1. The maximum atomic E-state index is 5.76. The molecule has 84 valence electrons. The molecule has 0 aliphatic heterocycles. The second-order valence-corrected chi connectivity index (χ2v) is 3.50. The lowest BCUT2D eigenvalue weighted by Gasteiger charge is -2.07. The Hall–Kier alpha value is -1.82. The molecule has 0 spiro atoms. The van der Waals surface area contributed by atoms with Crippen molar-refractivity contribution in [2.75, 3.05) is 17.6 Å². The lowest BCUT2D eigenvalue weighted by atomic mass is 10.4. The lowest BCUT2D eigenvalue weighted by Crippen LogP contribution is -2.09. The van der Waals surface area contributed by atoms with Crippen LogP contribution in [0.3, 0.4) is 0 Å². The standard InChI is InChI=1S/C9H11ClN6/c10-8-7(11)9(16-5-15-8)14-2-1-6-12-3-4-13-6/h3-5H,1-2,11H2,(H,12,13)(H,14,15,16). The van der Waals surface area contributed by atoms with Gasteiger partial charge in [0.15, 0.2) is 11.0 Å². The number of imidazole rings is 1. The van der Waals surface area contributed by atoms with Gasteiger partial charge >= 0.3 is 0 Å². The van der Waals surface area contributed by atoms with Crippen LogP contribution in [0.1, 0.15) is 5.82 Å². The first-order valence-electron chi connectivity index (χ1n) is 4.75. The Kier molecular flexibility index (Phi) is 3.21. The molecule has 0 saturated carbocycles. The van der Waals surface area contributed by atoms with Crippen LogP contribution >= 0.6 is 11.6 Å². The number of nitrogens with one attached hydrogen (secondary N) is 2. The van der Waals surface area contributed by atoms with Crippen LogP contribution in [0.2, 0.25) is 5.15 Å². The molecule has 0 unspecified atom stereocenters. The highest BCUT2D eigenvalue weighted by Crippen LogP contribution is 2.21. The predicted octanol–water partition coefficient (Wildman–Crippen LogP) is 1.09. The zero-order valence-electron chi connectivity index (χ0n) is 8.44. The predicted molar refractivity (Wildman–Crippen MR) is 62.2 cm³/mol. The lowest BCUT2D eigenvalue weighted by molar-refractivity contribution is 0.920. The number of nitrogens with two attached hydrogens (primary N) is 1. The maximum Gasteiger partial charge on any atom is 0.157 e. The summed E-state index contributed by atoms with van der Waals surface area (Å²) in [5, 5.41) is 3.33.